The van der Waals surface area contributed by atoms with Crippen molar-refractivity contribution in [1.29, 1.82) is 0 Å². The molecule has 1 aromatic rings. The summed E-state index contributed by atoms with van der Waals surface area (Å²) in [4.78, 5) is -0.215. The average molecular weight is 499 g/mol. The Morgan fingerprint density at radius 2 is 1.03 bits per heavy atom. The van der Waals surface area contributed by atoms with Crippen LogP contribution < -0.4 is 9.47 Å². The predicted molar refractivity (Wildman–Crippen MR) is 142 cm³/mol. The Kier molecular flexibility index (Phi) is 18.1. The maximum Gasteiger partial charge on any atom is 0.298 e. The molecule has 5 nitrogen and oxygen atoms in total. The van der Waals surface area contributed by atoms with E-state index in [1.54, 1.807) is 12.1 Å². The van der Waals surface area contributed by atoms with Crippen LogP contribution in [0.1, 0.15) is 129 Å². The Labute approximate surface area is 209 Å². The molecular weight excluding hydrogens is 448 g/mol. The van der Waals surface area contributed by atoms with Gasteiger partial charge in [0.15, 0.2) is 11.5 Å². The molecule has 0 saturated heterocycles. The van der Waals surface area contributed by atoms with E-state index in [0.29, 0.717) is 19.0 Å². The van der Waals surface area contributed by atoms with Gasteiger partial charge in [-0.1, -0.05) is 123 Å². The highest BCUT2D eigenvalue weighted by molar-refractivity contribution is 7.86. The third-order valence-corrected chi connectivity index (χ3v) is 7.10. The lowest BCUT2D eigenvalue weighted by Crippen LogP contribution is -2.08. The molecule has 0 heterocycles. The minimum Gasteiger partial charge on any atom is -0.490 e. The first-order valence-electron chi connectivity index (χ1n) is 13.9. The average Bonchev–Trinajstić information content (AvgIpc) is 2.81. The Morgan fingerprint density at radius 3 is 1.47 bits per heavy atom. The molecule has 0 unspecified atom stereocenters. The molecule has 34 heavy (non-hydrogen) atoms. The Hall–Kier alpha value is -1.27. The van der Waals surface area contributed by atoms with Gasteiger partial charge < -0.3 is 9.47 Å². The molecule has 0 aromatic heterocycles. The van der Waals surface area contributed by atoms with Crippen LogP contribution in [0.3, 0.4) is 0 Å². The standard InChI is InChI=1S/C28H50O5S/c1-3-5-7-9-11-13-15-17-19-24-32-26-22-21-23-27(34(29,30)31)28(26)33-25-20-18-16-14-12-10-8-6-4-2/h21-23H,3-20,24-25H2,1-2H3,(H,29,30,31). The van der Waals surface area contributed by atoms with E-state index in [9.17, 15) is 13.0 Å². The van der Waals surface area contributed by atoms with Crippen molar-refractivity contribution in [3.05, 3.63) is 18.2 Å². The van der Waals surface area contributed by atoms with Gasteiger partial charge >= 0.3 is 0 Å². The van der Waals surface area contributed by atoms with Crippen LogP contribution in [0.2, 0.25) is 0 Å². The van der Waals surface area contributed by atoms with Gasteiger partial charge in [0.2, 0.25) is 0 Å². The SMILES string of the molecule is CCCCCCCCCCCOc1cccc(S(=O)(=O)O)c1OCCCCCCCCCCC. The first-order valence-corrected chi connectivity index (χ1v) is 15.3. The van der Waals surface area contributed by atoms with Crippen LogP contribution in [0.15, 0.2) is 23.1 Å². The molecule has 0 radical (unpaired) electrons. The lowest BCUT2D eigenvalue weighted by molar-refractivity contribution is 0.252. The molecule has 0 aliphatic heterocycles. The molecule has 0 amide bonds. The molecule has 1 aromatic carbocycles. The summed E-state index contributed by atoms with van der Waals surface area (Å²) in [7, 11) is -4.38. The summed E-state index contributed by atoms with van der Waals surface area (Å²) in [6, 6.07) is 4.67. The first-order chi connectivity index (χ1) is 16.5. The number of hydrogen-bond donors (Lipinski definition) is 1. The Bertz CT molecular complexity index is 718. The van der Waals surface area contributed by atoms with E-state index in [1.807, 2.05) is 0 Å². The van der Waals surface area contributed by atoms with Gasteiger partial charge in [0.1, 0.15) is 4.90 Å². The van der Waals surface area contributed by atoms with Crippen molar-refractivity contribution in [2.24, 2.45) is 0 Å². The van der Waals surface area contributed by atoms with Crippen molar-refractivity contribution < 1.29 is 22.4 Å². The molecule has 0 fully saturated rings. The van der Waals surface area contributed by atoms with Gasteiger partial charge in [0.05, 0.1) is 13.2 Å². The van der Waals surface area contributed by atoms with Crippen LogP contribution in [0.25, 0.3) is 0 Å². The van der Waals surface area contributed by atoms with Gasteiger partial charge in [-0.15, -0.1) is 0 Å². The second-order valence-corrected chi connectivity index (χ2v) is 10.8. The van der Waals surface area contributed by atoms with E-state index in [2.05, 4.69) is 13.8 Å². The molecule has 0 aliphatic carbocycles. The van der Waals surface area contributed by atoms with Crippen LogP contribution in [-0.4, -0.2) is 26.2 Å². The second kappa shape index (κ2) is 20.0. The number of hydrogen-bond acceptors (Lipinski definition) is 4. The summed E-state index contributed by atoms with van der Waals surface area (Å²) in [5, 5.41) is 0. The van der Waals surface area contributed by atoms with Crippen LogP contribution >= 0.6 is 0 Å². The van der Waals surface area contributed by atoms with Crippen molar-refractivity contribution in [1.82, 2.24) is 0 Å². The highest BCUT2D eigenvalue weighted by Gasteiger charge is 2.21. The maximum atomic E-state index is 11.9. The first kappa shape index (κ1) is 30.8. The van der Waals surface area contributed by atoms with Gasteiger partial charge in [0, 0.05) is 0 Å². The van der Waals surface area contributed by atoms with Gasteiger partial charge in [-0.25, -0.2) is 0 Å². The summed E-state index contributed by atoms with van der Waals surface area (Å²) in [5.74, 6) is 0.533. The molecule has 0 spiro atoms. The van der Waals surface area contributed by atoms with Gasteiger partial charge in [0.25, 0.3) is 10.1 Å². The summed E-state index contributed by atoms with van der Waals surface area (Å²) < 4.78 is 45.0. The van der Waals surface area contributed by atoms with Crippen molar-refractivity contribution >= 4 is 10.1 Å². The highest BCUT2D eigenvalue weighted by Crippen LogP contribution is 2.34. The van der Waals surface area contributed by atoms with Crippen LogP contribution in [0.4, 0.5) is 0 Å². The maximum absolute atomic E-state index is 11.9. The smallest absolute Gasteiger partial charge is 0.298 e. The van der Waals surface area contributed by atoms with Crippen molar-refractivity contribution in [3.63, 3.8) is 0 Å². The number of para-hydroxylation sites is 1. The third-order valence-electron chi connectivity index (χ3n) is 6.22. The summed E-state index contributed by atoms with van der Waals surface area (Å²) in [6.45, 7) is 5.39. The zero-order chi connectivity index (χ0) is 24.9. The van der Waals surface area contributed by atoms with Crippen LogP contribution in [0.5, 0.6) is 11.5 Å². The van der Waals surface area contributed by atoms with Crippen molar-refractivity contribution in [3.8, 4) is 11.5 Å². The Morgan fingerprint density at radius 1 is 0.618 bits per heavy atom. The van der Waals surface area contributed by atoms with Gasteiger partial charge in [-0.2, -0.15) is 8.42 Å². The molecular formula is C28H50O5S. The molecule has 6 heteroatoms. The minimum atomic E-state index is -4.38. The zero-order valence-electron chi connectivity index (χ0n) is 21.9. The van der Waals surface area contributed by atoms with Gasteiger partial charge in [-0.05, 0) is 25.0 Å². The molecule has 1 rings (SSSR count). The third kappa shape index (κ3) is 14.9. The number of rotatable bonds is 23. The molecule has 198 valence electrons. The largest absolute Gasteiger partial charge is 0.490 e. The normalized spacial score (nSPS) is 11.6. The summed E-state index contributed by atoms with van der Waals surface area (Å²) in [6.07, 6.45) is 21.9. The van der Waals surface area contributed by atoms with Crippen molar-refractivity contribution in [2.45, 2.75) is 134 Å². The number of unbranched alkanes of at least 4 members (excludes halogenated alkanes) is 16. The Balaban J connectivity index is 2.38. The fourth-order valence-corrected chi connectivity index (χ4v) is 4.78. The molecule has 1 N–H and O–H groups in total. The lowest BCUT2D eigenvalue weighted by atomic mass is 10.1. The molecule has 0 aliphatic rings. The molecule has 0 atom stereocenters. The fourth-order valence-electron chi connectivity index (χ4n) is 4.14. The van der Waals surface area contributed by atoms with Crippen LogP contribution in [-0.2, 0) is 10.1 Å². The summed E-state index contributed by atoms with van der Waals surface area (Å²) in [5.41, 5.74) is 0. The topological polar surface area (TPSA) is 72.8 Å². The zero-order valence-corrected chi connectivity index (χ0v) is 22.7. The van der Waals surface area contributed by atoms with Gasteiger partial charge in [-0.3, -0.25) is 4.55 Å². The molecule has 0 bridgehead atoms. The van der Waals surface area contributed by atoms with E-state index < -0.39 is 10.1 Å². The number of ether oxygens (including phenoxy) is 2. The second-order valence-electron chi connectivity index (χ2n) is 9.41. The summed E-state index contributed by atoms with van der Waals surface area (Å²) >= 11 is 0. The molecule has 0 saturated carbocycles. The van der Waals surface area contributed by atoms with E-state index >= 15 is 0 Å². The lowest BCUT2D eigenvalue weighted by Gasteiger charge is -2.15. The highest BCUT2D eigenvalue weighted by atomic mass is 32.2. The minimum absolute atomic E-state index is 0.139. The fraction of sp³-hybridized carbons (Fsp3) is 0.786. The number of benzene rings is 1. The van der Waals surface area contributed by atoms with Crippen molar-refractivity contribution in [2.75, 3.05) is 13.2 Å². The van der Waals surface area contributed by atoms with E-state index in [0.717, 1.165) is 32.1 Å². The van der Waals surface area contributed by atoms with E-state index in [1.165, 1.54) is 89.5 Å². The monoisotopic (exact) mass is 498 g/mol. The van der Waals surface area contributed by atoms with E-state index in [4.69, 9.17) is 9.47 Å². The predicted octanol–water partition coefficient (Wildman–Crippen LogP) is 8.75. The quantitative estimate of drug-likeness (QED) is 0.121. The van der Waals surface area contributed by atoms with Crippen LogP contribution in [0, 0.1) is 0 Å². The van der Waals surface area contributed by atoms with E-state index in [-0.39, 0.29) is 10.6 Å².